The Balaban J connectivity index is 1.62. The molecule has 29 heavy (non-hydrogen) atoms. The fourth-order valence-electron chi connectivity index (χ4n) is 3.33. The molecule has 3 rings (SSSR count). The predicted octanol–water partition coefficient (Wildman–Crippen LogP) is 2.19. The highest BCUT2D eigenvalue weighted by Gasteiger charge is 2.31. The van der Waals surface area contributed by atoms with Crippen LogP contribution in [0.5, 0.6) is 5.75 Å². The van der Waals surface area contributed by atoms with Crippen molar-refractivity contribution in [3.63, 3.8) is 0 Å². The van der Waals surface area contributed by atoms with E-state index in [0.29, 0.717) is 6.42 Å². The molecule has 3 atom stereocenters. The molecule has 0 aromatic heterocycles. The van der Waals surface area contributed by atoms with E-state index in [0.717, 1.165) is 22.1 Å². The third-order valence-corrected chi connectivity index (χ3v) is 6.93. The molecule has 0 aliphatic carbocycles. The minimum atomic E-state index is -3.09. The molecule has 1 fully saturated rings. The van der Waals surface area contributed by atoms with Crippen molar-refractivity contribution in [2.45, 2.75) is 38.3 Å². The Morgan fingerprint density at radius 1 is 1.10 bits per heavy atom. The first kappa shape index (κ1) is 21.1. The molecule has 0 bridgehead atoms. The van der Waals surface area contributed by atoms with Crippen LogP contribution in [0.25, 0.3) is 10.8 Å². The summed E-state index contributed by atoms with van der Waals surface area (Å²) in [6.07, 6.45) is -0.620. The van der Waals surface area contributed by atoms with E-state index in [-0.39, 0.29) is 11.5 Å². The highest BCUT2D eigenvalue weighted by atomic mass is 32.2. The van der Waals surface area contributed by atoms with Gasteiger partial charge in [0.05, 0.1) is 24.5 Å². The van der Waals surface area contributed by atoms with Crippen LogP contribution in [0.3, 0.4) is 0 Å². The largest absolute Gasteiger partial charge is 0.497 e. The first-order valence-electron chi connectivity index (χ1n) is 9.47. The summed E-state index contributed by atoms with van der Waals surface area (Å²) in [6.45, 7) is 3.21. The fraction of sp³-hybridized carbons (Fsp3) is 0.429. The second kappa shape index (κ2) is 8.41. The number of benzene rings is 2. The van der Waals surface area contributed by atoms with E-state index in [1.54, 1.807) is 14.0 Å². The van der Waals surface area contributed by atoms with Crippen molar-refractivity contribution in [3.05, 3.63) is 42.0 Å². The van der Waals surface area contributed by atoms with Crippen LogP contribution in [0.2, 0.25) is 0 Å². The van der Waals surface area contributed by atoms with E-state index in [9.17, 15) is 18.0 Å². The van der Waals surface area contributed by atoms with Gasteiger partial charge in [0.2, 0.25) is 0 Å². The molecule has 156 valence electrons. The minimum Gasteiger partial charge on any atom is -0.497 e. The van der Waals surface area contributed by atoms with Gasteiger partial charge in [0.25, 0.3) is 5.91 Å². The third kappa shape index (κ3) is 5.06. The van der Waals surface area contributed by atoms with Crippen molar-refractivity contribution in [1.82, 2.24) is 5.32 Å². The monoisotopic (exact) mass is 419 g/mol. The van der Waals surface area contributed by atoms with E-state index in [1.165, 1.54) is 6.92 Å². The number of fused-ring (bicyclic) bond motifs is 1. The van der Waals surface area contributed by atoms with Gasteiger partial charge < -0.3 is 14.8 Å². The summed E-state index contributed by atoms with van der Waals surface area (Å²) < 4.78 is 33.5. The molecule has 0 radical (unpaired) electrons. The van der Waals surface area contributed by atoms with Gasteiger partial charge in [-0.2, -0.15) is 0 Å². The van der Waals surface area contributed by atoms with Crippen molar-refractivity contribution >= 4 is 32.5 Å². The maximum absolute atomic E-state index is 12.5. The van der Waals surface area contributed by atoms with Gasteiger partial charge in [-0.15, -0.1) is 0 Å². The lowest BCUT2D eigenvalue weighted by atomic mass is 9.98. The van der Waals surface area contributed by atoms with Crippen molar-refractivity contribution in [2.75, 3.05) is 18.6 Å². The average molecular weight is 419 g/mol. The number of carbonyl (C=O) groups excluding carboxylic acids is 2. The number of amides is 1. The zero-order valence-corrected chi connectivity index (χ0v) is 17.5. The molecule has 1 aliphatic heterocycles. The van der Waals surface area contributed by atoms with Crippen LogP contribution < -0.4 is 10.1 Å². The number of hydrogen-bond donors (Lipinski definition) is 1. The minimum absolute atomic E-state index is 0.0665. The number of rotatable bonds is 6. The van der Waals surface area contributed by atoms with E-state index in [4.69, 9.17) is 9.47 Å². The molecule has 1 saturated heterocycles. The highest BCUT2D eigenvalue weighted by molar-refractivity contribution is 7.91. The van der Waals surface area contributed by atoms with Gasteiger partial charge in [-0.1, -0.05) is 24.3 Å². The molecule has 1 aliphatic rings. The molecule has 0 unspecified atom stereocenters. The number of ether oxygens (including phenoxy) is 2. The second-order valence-electron chi connectivity index (χ2n) is 7.38. The van der Waals surface area contributed by atoms with Gasteiger partial charge >= 0.3 is 5.97 Å². The van der Waals surface area contributed by atoms with E-state index < -0.39 is 39.8 Å². The van der Waals surface area contributed by atoms with Gasteiger partial charge in [-0.25, -0.2) is 8.42 Å². The topological polar surface area (TPSA) is 98.8 Å². The van der Waals surface area contributed by atoms with Gasteiger partial charge in [0.1, 0.15) is 5.75 Å². The Morgan fingerprint density at radius 3 is 2.45 bits per heavy atom. The Hall–Kier alpha value is -2.61. The smallest absolute Gasteiger partial charge is 0.313 e. The van der Waals surface area contributed by atoms with Crippen molar-refractivity contribution < 1.29 is 27.5 Å². The molecule has 1 N–H and O–H groups in total. The summed E-state index contributed by atoms with van der Waals surface area (Å²) >= 11 is 0. The van der Waals surface area contributed by atoms with Gasteiger partial charge in [0.15, 0.2) is 15.9 Å². The van der Waals surface area contributed by atoms with Gasteiger partial charge in [0, 0.05) is 6.04 Å². The summed E-state index contributed by atoms with van der Waals surface area (Å²) in [5.41, 5.74) is 0.780. The zero-order chi connectivity index (χ0) is 21.2. The first-order valence-corrected chi connectivity index (χ1v) is 11.3. The molecule has 2 aromatic rings. The van der Waals surface area contributed by atoms with Crippen LogP contribution in [0.4, 0.5) is 0 Å². The van der Waals surface area contributed by atoms with E-state index in [2.05, 4.69) is 5.32 Å². The summed E-state index contributed by atoms with van der Waals surface area (Å²) in [4.78, 5) is 24.8. The number of nitrogens with one attached hydrogen (secondary N) is 1. The van der Waals surface area contributed by atoms with Gasteiger partial charge in [-0.3, -0.25) is 9.59 Å². The molecular weight excluding hydrogens is 394 g/mol. The van der Waals surface area contributed by atoms with Crippen LogP contribution in [-0.2, 0) is 24.2 Å². The van der Waals surface area contributed by atoms with Crippen LogP contribution in [0.15, 0.2) is 36.4 Å². The van der Waals surface area contributed by atoms with E-state index in [1.807, 2.05) is 36.4 Å². The summed E-state index contributed by atoms with van der Waals surface area (Å²) in [5.74, 6) is -0.802. The predicted molar refractivity (Wildman–Crippen MR) is 110 cm³/mol. The quantitative estimate of drug-likeness (QED) is 0.721. The van der Waals surface area contributed by atoms with Crippen LogP contribution in [0.1, 0.15) is 31.7 Å². The molecule has 2 aromatic carbocycles. The van der Waals surface area contributed by atoms with Crippen LogP contribution in [-0.4, -0.2) is 51.1 Å². The SMILES string of the molecule is COc1ccc2cc([C@H](C)C(=O)O[C@H](C)C(=O)N[C@H]3CCS(=O)(=O)C3)ccc2c1. The lowest BCUT2D eigenvalue weighted by Gasteiger charge is -2.19. The molecule has 0 spiro atoms. The maximum atomic E-state index is 12.5. The van der Waals surface area contributed by atoms with Crippen LogP contribution in [0, 0.1) is 0 Å². The standard InChI is InChI=1S/C21H25NO6S/c1-13(15-4-5-17-11-19(27-3)7-6-16(17)10-15)21(24)28-14(2)20(23)22-18-8-9-29(25,26)12-18/h4-7,10-11,13-14,18H,8-9,12H2,1-3H3,(H,22,23)/t13-,14+,18-/m0/s1. The Morgan fingerprint density at radius 2 is 1.79 bits per heavy atom. The van der Waals surface area contributed by atoms with Crippen molar-refractivity contribution in [1.29, 1.82) is 0 Å². The Kier molecular flexibility index (Phi) is 6.12. The third-order valence-electron chi connectivity index (χ3n) is 5.17. The van der Waals surface area contributed by atoms with E-state index >= 15 is 0 Å². The lowest BCUT2D eigenvalue weighted by molar-refractivity contribution is -0.156. The number of sulfone groups is 1. The summed E-state index contributed by atoms with van der Waals surface area (Å²) in [7, 11) is -1.48. The average Bonchev–Trinajstić information content (AvgIpc) is 3.04. The molecular formula is C21H25NO6S. The van der Waals surface area contributed by atoms with Crippen molar-refractivity contribution in [3.8, 4) is 5.75 Å². The Labute approximate surface area is 170 Å². The summed E-state index contributed by atoms with van der Waals surface area (Å²) in [5, 5.41) is 4.61. The highest BCUT2D eigenvalue weighted by Crippen LogP contribution is 2.26. The Bertz CT molecular complexity index is 1030. The maximum Gasteiger partial charge on any atom is 0.313 e. The first-order chi connectivity index (χ1) is 13.7. The fourth-order valence-corrected chi connectivity index (χ4v) is 5.01. The number of esters is 1. The number of carbonyl (C=O) groups is 2. The van der Waals surface area contributed by atoms with Crippen LogP contribution >= 0.6 is 0 Å². The molecule has 1 heterocycles. The molecule has 1 amide bonds. The molecule has 7 nitrogen and oxygen atoms in total. The van der Waals surface area contributed by atoms with Gasteiger partial charge in [-0.05, 0) is 48.7 Å². The number of hydrogen-bond acceptors (Lipinski definition) is 6. The zero-order valence-electron chi connectivity index (χ0n) is 16.7. The molecule has 0 saturated carbocycles. The summed E-state index contributed by atoms with van der Waals surface area (Å²) in [6, 6.07) is 10.9. The van der Waals surface area contributed by atoms with Crippen molar-refractivity contribution in [2.24, 2.45) is 0 Å². The second-order valence-corrected chi connectivity index (χ2v) is 9.61. The molecule has 8 heteroatoms. The normalized spacial score (nSPS) is 20.0. The lowest BCUT2D eigenvalue weighted by Crippen LogP contribution is -2.42. The number of methoxy groups -OCH3 is 1.